The van der Waals surface area contributed by atoms with Crippen molar-refractivity contribution >= 4 is 28.6 Å². The molecule has 4 heteroatoms. The molecule has 0 aliphatic carbocycles. The lowest BCUT2D eigenvalue weighted by molar-refractivity contribution is 0.737. The van der Waals surface area contributed by atoms with Crippen LogP contribution < -0.4 is 0 Å². The van der Waals surface area contributed by atoms with Gasteiger partial charge in [0.05, 0.1) is 0 Å². The first-order valence-corrected chi connectivity index (χ1v) is 9.05. The fourth-order valence-corrected chi connectivity index (χ4v) is 5.50. The van der Waals surface area contributed by atoms with E-state index in [0.29, 0.717) is 11.2 Å². The van der Waals surface area contributed by atoms with E-state index in [4.69, 9.17) is 0 Å². The van der Waals surface area contributed by atoms with Crippen LogP contribution in [0.25, 0.3) is 0 Å². The van der Waals surface area contributed by atoms with Crippen molar-refractivity contribution in [3.05, 3.63) is 0 Å². The lowest BCUT2D eigenvalue weighted by Crippen LogP contribution is -2.32. The Morgan fingerprint density at radius 3 is 1.70 bits per heavy atom. The molecule has 0 aromatic rings. The average Bonchev–Trinajstić information content (AvgIpc) is 1.61. The minimum atomic E-state index is -1.40. The summed E-state index contributed by atoms with van der Waals surface area (Å²) in [5, 5.41) is 0.288. The maximum absolute atomic E-state index is 11.9. The van der Waals surface area contributed by atoms with E-state index in [-0.39, 0.29) is 5.04 Å². The molecule has 0 heterocycles. The highest BCUT2D eigenvalue weighted by Crippen LogP contribution is 2.48. The van der Waals surface area contributed by atoms with E-state index in [1.54, 1.807) is 0 Å². The quantitative estimate of drug-likeness (QED) is 0.480. The van der Waals surface area contributed by atoms with Gasteiger partial charge in [-0.3, -0.25) is 0 Å². The maximum Gasteiger partial charge on any atom is 0.133 e. The van der Waals surface area contributed by atoms with Gasteiger partial charge in [-0.2, -0.15) is 3.89 Å². The topological polar surface area (TPSA) is 0 Å². The molecule has 0 bridgehead atoms. The van der Waals surface area contributed by atoms with Crippen LogP contribution in [0.1, 0.15) is 20.8 Å². The molecule has 62 valence electrons. The highest BCUT2D eigenvalue weighted by molar-refractivity contribution is 8.86. The van der Waals surface area contributed by atoms with Gasteiger partial charge in [-0.25, -0.2) is 0 Å². The van der Waals surface area contributed by atoms with E-state index < -0.39 is 7.22 Å². The minimum Gasteiger partial charge on any atom is -0.153 e. The van der Waals surface area contributed by atoms with Gasteiger partial charge in [-0.1, -0.05) is 44.1 Å². The summed E-state index contributed by atoms with van der Waals surface area (Å²) >= 11 is 0.414. The van der Waals surface area contributed by atoms with E-state index >= 15 is 0 Å². The Bertz CT molecular complexity index is 109. The van der Waals surface area contributed by atoms with Crippen molar-refractivity contribution in [1.29, 1.82) is 0 Å². The highest BCUT2D eigenvalue weighted by Gasteiger charge is 2.36. The average molecular weight is 198 g/mol. The van der Waals surface area contributed by atoms with Gasteiger partial charge in [0.25, 0.3) is 0 Å². The van der Waals surface area contributed by atoms with Crippen LogP contribution >= 0.6 is 21.4 Å². The predicted molar refractivity (Wildman–Crippen MR) is 53.5 cm³/mol. The van der Waals surface area contributed by atoms with Gasteiger partial charge >= 0.3 is 0 Å². The van der Waals surface area contributed by atoms with Crippen LogP contribution in [0.2, 0.25) is 18.1 Å². The van der Waals surface area contributed by atoms with Crippen LogP contribution in [0, 0.1) is 0 Å². The second-order valence-electron chi connectivity index (χ2n) is 3.91. The fourth-order valence-electron chi connectivity index (χ4n) is 0.204. The first kappa shape index (κ1) is 10.8. The molecule has 0 aliphatic heterocycles. The molecule has 0 fully saturated rings. The molecule has 0 nitrogen and oxygen atoms in total. The highest BCUT2D eigenvalue weighted by atomic mass is 33.2. The van der Waals surface area contributed by atoms with Crippen LogP contribution in [-0.4, -0.2) is 7.22 Å². The lowest BCUT2D eigenvalue weighted by atomic mass is 10.2. The SMILES string of the molecule is CC(C)(C)[Si](C)(C)SSF. The van der Waals surface area contributed by atoms with Gasteiger partial charge in [-0.05, 0) is 5.04 Å². The third-order valence-electron chi connectivity index (χ3n) is 2.05. The number of rotatable bonds is 2. The Labute approximate surface area is 71.7 Å². The lowest BCUT2D eigenvalue weighted by Gasteiger charge is -2.33. The number of hydrogen-bond donors (Lipinski definition) is 0. The third-order valence-corrected chi connectivity index (χ3v) is 13.7. The molecule has 0 saturated carbocycles. The summed E-state index contributed by atoms with van der Waals surface area (Å²) < 4.78 is 11.9. The van der Waals surface area contributed by atoms with E-state index in [9.17, 15) is 3.89 Å². The molecular formula is C6H15FS2Si. The van der Waals surface area contributed by atoms with Crippen molar-refractivity contribution < 1.29 is 3.89 Å². The Hall–Kier alpha value is 0.847. The molecule has 0 saturated heterocycles. The van der Waals surface area contributed by atoms with Gasteiger partial charge in [-0.15, -0.1) is 0 Å². The van der Waals surface area contributed by atoms with Gasteiger partial charge in [0.2, 0.25) is 0 Å². The molecule has 0 rings (SSSR count). The fraction of sp³-hybridized carbons (Fsp3) is 1.00. The first-order chi connectivity index (χ1) is 4.31. The second kappa shape index (κ2) is 3.50. The summed E-state index contributed by atoms with van der Waals surface area (Å²) in [6.07, 6.45) is 0. The molecule has 0 aromatic heterocycles. The number of halogens is 1. The summed E-state index contributed by atoms with van der Waals surface area (Å²) in [7, 11) is 0.0291. The Morgan fingerprint density at radius 1 is 1.20 bits per heavy atom. The van der Waals surface area contributed by atoms with Crippen LogP contribution in [0.3, 0.4) is 0 Å². The number of hydrogen-bond acceptors (Lipinski definition) is 2. The standard InChI is InChI=1S/C6H15FS2Si/c1-6(2,3)10(4,5)9-8-7/h1-5H3. The molecule has 0 amide bonds. The summed E-state index contributed by atoms with van der Waals surface area (Å²) in [5.74, 6) is 0. The molecule has 0 N–H and O–H groups in total. The zero-order valence-corrected chi connectivity index (χ0v) is 9.83. The normalized spacial score (nSPS) is 13.8. The summed E-state index contributed by atoms with van der Waals surface area (Å²) in [6.45, 7) is 10.9. The van der Waals surface area contributed by atoms with Crippen molar-refractivity contribution in [2.24, 2.45) is 0 Å². The van der Waals surface area contributed by atoms with Crippen LogP contribution in [-0.2, 0) is 0 Å². The molecule has 0 spiro atoms. The smallest absolute Gasteiger partial charge is 0.133 e. The van der Waals surface area contributed by atoms with Crippen LogP contribution in [0.15, 0.2) is 0 Å². The molecule has 0 radical (unpaired) electrons. The summed E-state index contributed by atoms with van der Waals surface area (Å²) in [6, 6.07) is 0. The maximum atomic E-state index is 11.9. The molecule has 0 unspecified atom stereocenters. The Balaban J connectivity index is 4.10. The van der Waals surface area contributed by atoms with Crippen molar-refractivity contribution in [2.45, 2.75) is 38.9 Å². The van der Waals surface area contributed by atoms with Crippen molar-refractivity contribution in [3.8, 4) is 0 Å². The molecule has 0 aromatic carbocycles. The van der Waals surface area contributed by atoms with Crippen LogP contribution in [0.5, 0.6) is 0 Å². The zero-order valence-electron chi connectivity index (χ0n) is 7.19. The van der Waals surface area contributed by atoms with Crippen molar-refractivity contribution in [2.75, 3.05) is 0 Å². The summed E-state index contributed by atoms with van der Waals surface area (Å²) in [5.41, 5.74) is 0. The summed E-state index contributed by atoms with van der Waals surface area (Å²) in [4.78, 5) is 0. The Morgan fingerprint density at radius 2 is 1.60 bits per heavy atom. The molecule has 10 heavy (non-hydrogen) atoms. The van der Waals surface area contributed by atoms with Gasteiger partial charge in [0, 0.05) is 0 Å². The first-order valence-electron chi connectivity index (χ1n) is 3.28. The minimum absolute atomic E-state index is 0.288. The van der Waals surface area contributed by atoms with E-state index in [2.05, 4.69) is 33.9 Å². The second-order valence-corrected chi connectivity index (χ2v) is 14.2. The monoisotopic (exact) mass is 198 g/mol. The largest absolute Gasteiger partial charge is 0.153 e. The van der Waals surface area contributed by atoms with E-state index in [0.717, 1.165) is 0 Å². The van der Waals surface area contributed by atoms with Gasteiger partial charge < -0.3 is 0 Å². The van der Waals surface area contributed by atoms with E-state index in [1.807, 2.05) is 0 Å². The Kier molecular flexibility index (Phi) is 3.79. The van der Waals surface area contributed by atoms with Crippen molar-refractivity contribution in [3.63, 3.8) is 0 Å². The van der Waals surface area contributed by atoms with E-state index in [1.165, 1.54) is 10.2 Å². The third kappa shape index (κ3) is 2.84. The molecule has 0 aliphatic rings. The predicted octanol–water partition coefficient (Wildman–Crippen LogP) is 4.26. The molecular weight excluding hydrogens is 183 g/mol. The van der Waals surface area contributed by atoms with Gasteiger partial charge in [0.1, 0.15) is 18.4 Å². The molecule has 0 atom stereocenters. The van der Waals surface area contributed by atoms with Gasteiger partial charge in [0.15, 0.2) is 0 Å². The zero-order chi connectivity index (χ0) is 8.41. The van der Waals surface area contributed by atoms with Crippen LogP contribution in [0.4, 0.5) is 3.89 Å². The van der Waals surface area contributed by atoms with Crippen molar-refractivity contribution in [1.82, 2.24) is 0 Å².